The van der Waals surface area contributed by atoms with E-state index in [0.717, 1.165) is 43.7 Å². The van der Waals surface area contributed by atoms with Crippen LogP contribution in [-0.2, 0) is 14.8 Å². The lowest BCUT2D eigenvalue weighted by atomic mass is 10.0. The Kier molecular flexibility index (Phi) is 6.80. The highest BCUT2D eigenvalue weighted by molar-refractivity contribution is 7.90. The predicted molar refractivity (Wildman–Crippen MR) is 134 cm³/mol. The molecule has 0 spiro atoms. The van der Waals surface area contributed by atoms with E-state index in [1.807, 2.05) is 17.0 Å². The summed E-state index contributed by atoms with van der Waals surface area (Å²) in [6.45, 7) is 3.12. The molecule has 2 saturated heterocycles. The lowest BCUT2D eigenvalue weighted by Gasteiger charge is -2.35. The zero-order chi connectivity index (χ0) is 24.4. The van der Waals surface area contributed by atoms with Crippen molar-refractivity contribution in [2.24, 2.45) is 4.40 Å². The minimum atomic E-state index is -3.73. The molecule has 3 aliphatic heterocycles. The minimum absolute atomic E-state index is 0.0740. The number of rotatable bonds is 6. The van der Waals surface area contributed by atoms with Crippen LogP contribution < -0.4 is 10.1 Å². The van der Waals surface area contributed by atoms with Crippen LogP contribution in [0.15, 0.2) is 57.8 Å². The van der Waals surface area contributed by atoms with Crippen molar-refractivity contribution in [3.63, 3.8) is 0 Å². The third-order valence-corrected chi connectivity index (χ3v) is 8.57. The summed E-state index contributed by atoms with van der Waals surface area (Å²) in [5.41, 5.74) is 1.73. The van der Waals surface area contributed by atoms with E-state index < -0.39 is 16.1 Å². The smallest absolute Gasteiger partial charge is 0.285 e. The summed E-state index contributed by atoms with van der Waals surface area (Å²) in [5, 5.41) is 3.19. The number of amidine groups is 1. The summed E-state index contributed by atoms with van der Waals surface area (Å²) in [6, 6.07) is 14.5. The zero-order valence-electron chi connectivity index (χ0n) is 20.0. The molecule has 3 aliphatic rings. The maximum Gasteiger partial charge on any atom is 0.285 e. The number of amides is 1. The van der Waals surface area contributed by atoms with Gasteiger partial charge in [0, 0.05) is 18.7 Å². The molecule has 0 bridgehead atoms. The van der Waals surface area contributed by atoms with Gasteiger partial charge in [-0.1, -0.05) is 30.7 Å². The fourth-order valence-electron chi connectivity index (χ4n) is 5.42. The van der Waals surface area contributed by atoms with Gasteiger partial charge in [-0.2, -0.15) is 8.42 Å². The van der Waals surface area contributed by atoms with Crippen LogP contribution in [0.5, 0.6) is 5.75 Å². The first kappa shape index (κ1) is 23.8. The number of ether oxygens (including phenoxy) is 1. The molecule has 0 radical (unpaired) electrons. The van der Waals surface area contributed by atoms with Crippen molar-refractivity contribution in [3.05, 3.63) is 59.7 Å². The van der Waals surface area contributed by atoms with Gasteiger partial charge in [0.2, 0.25) is 5.91 Å². The largest absolute Gasteiger partial charge is 0.497 e. The molecule has 1 N–H and O–H groups in total. The van der Waals surface area contributed by atoms with E-state index in [-0.39, 0.29) is 16.8 Å². The van der Waals surface area contributed by atoms with Crippen molar-refractivity contribution in [2.75, 3.05) is 33.3 Å². The molecule has 2 fully saturated rings. The minimum Gasteiger partial charge on any atom is -0.497 e. The summed E-state index contributed by atoms with van der Waals surface area (Å²) in [7, 11) is -2.07. The van der Waals surface area contributed by atoms with Crippen molar-refractivity contribution in [2.45, 2.75) is 49.1 Å². The van der Waals surface area contributed by atoms with Crippen LogP contribution in [0.25, 0.3) is 0 Å². The van der Waals surface area contributed by atoms with Crippen molar-refractivity contribution in [1.82, 2.24) is 15.1 Å². The van der Waals surface area contributed by atoms with E-state index in [2.05, 4.69) is 26.7 Å². The second-order valence-electron chi connectivity index (χ2n) is 9.37. The first-order valence-electron chi connectivity index (χ1n) is 12.3. The number of carbonyl (C=O) groups is 1. The van der Waals surface area contributed by atoms with Crippen molar-refractivity contribution < 1.29 is 17.9 Å². The summed E-state index contributed by atoms with van der Waals surface area (Å²) in [6.07, 6.45) is 5.04. The van der Waals surface area contributed by atoms with Gasteiger partial charge in [0.1, 0.15) is 16.7 Å². The number of nitrogens with zero attached hydrogens (tertiary/aromatic N) is 3. The summed E-state index contributed by atoms with van der Waals surface area (Å²) in [4.78, 5) is 17.9. The molecule has 2 aromatic carbocycles. The molecule has 0 unspecified atom stereocenters. The Morgan fingerprint density at radius 2 is 1.80 bits per heavy atom. The van der Waals surface area contributed by atoms with Gasteiger partial charge in [-0.25, -0.2) is 0 Å². The van der Waals surface area contributed by atoms with Gasteiger partial charge in [-0.15, -0.1) is 4.40 Å². The third-order valence-electron chi connectivity index (χ3n) is 7.24. The Hall–Kier alpha value is -2.91. The van der Waals surface area contributed by atoms with Gasteiger partial charge in [0.05, 0.1) is 13.2 Å². The number of benzene rings is 2. The van der Waals surface area contributed by atoms with Crippen LogP contribution in [0.3, 0.4) is 0 Å². The van der Waals surface area contributed by atoms with Crippen molar-refractivity contribution >= 4 is 21.8 Å². The van der Waals surface area contributed by atoms with Gasteiger partial charge in [-0.05, 0) is 68.6 Å². The Labute approximate surface area is 207 Å². The van der Waals surface area contributed by atoms with Crippen LogP contribution >= 0.6 is 0 Å². The Morgan fingerprint density at radius 1 is 1.06 bits per heavy atom. The van der Waals surface area contributed by atoms with E-state index in [1.165, 1.54) is 6.42 Å². The predicted octanol–water partition coefficient (Wildman–Crippen LogP) is 2.95. The molecule has 3 heterocycles. The molecule has 2 atom stereocenters. The molecule has 35 heavy (non-hydrogen) atoms. The second kappa shape index (κ2) is 9.99. The molecule has 2 aromatic rings. The van der Waals surface area contributed by atoms with Gasteiger partial charge < -0.3 is 15.0 Å². The maximum absolute atomic E-state index is 13.4. The van der Waals surface area contributed by atoms with Gasteiger partial charge in [-0.3, -0.25) is 9.69 Å². The monoisotopic (exact) mass is 496 g/mol. The molecular weight excluding hydrogens is 464 g/mol. The number of hydrogen-bond donors (Lipinski definition) is 1. The number of sulfonamides is 1. The topological polar surface area (TPSA) is 91.3 Å². The van der Waals surface area contributed by atoms with Gasteiger partial charge in [0.15, 0.2) is 5.84 Å². The average Bonchev–Trinajstić information content (AvgIpc) is 3.48. The van der Waals surface area contributed by atoms with Crippen molar-refractivity contribution in [1.29, 1.82) is 0 Å². The number of likely N-dealkylation sites (tertiary alicyclic amines) is 2. The molecule has 1 amide bonds. The van der Waals surface area contributed by atoms with E-state index in [9.17, 15) is 13.2 Å². The third kappa shape index (κ3) is 4.79. The summed E-state index contributed by atoms with van der Waals surface area (Å²) >= 11 is 0. The quantitative estimate of drug-likeness (QED) is 0.661. The lowest BCUT2D eigenvalue weighted by Crippen LogP contribution is -2.48. The highest BCUT2D eigenvalue weighted by Crippen LogP contribution is 2.31. The van der Waals surface area contributed by atoms with Gasteiger partial charge in [0.25, 0.3) is 10.0 Å². The van der Waals surface area contributed by atoms with Crippen LogP contribution in [-0.4, -0.2) is 69.3 Å². The first-order valence-corrected chi connectivity index (χ1v) is 13.8. The highest BCUT2D eigenvalue weighted by atomic mass is 32.2. The molecule has 9 heteroatoms. The van der Waals surface area contributed by atoms with E-state index in [4.69, 9.17) is 4.74 Å². The molecule has 186 valence electrons. The Morgan fingerprint density at radius 3 is 2.54 bits per heavy atom. The number of hydrogen-bond acceptors (Lipinski definition) is 6. The normalized spacial score (nSPS) is 22.4. The molecule has 0 saturated carbocycles. The number of piperidine rings is 1. The number of carbonyl (C=O) groups excluding carboxylic acids is 1. The number of nitrogens with one attached hydrogen (secondary N) is 1. The van der Waals surface area contributed by atoms with Crippen LogP contribution in [0.2, 0.25) is 0 Å². The maximum atomic E-state index is 13.4. The van der Waals surface area contributed by atoms with Crippen LogP contribution in [0.4, 0.5) is 0 Å². The Balaban J connectivity index is 1.33. The molecule has 0 aromatic heterocycles. The second-order valence-corrected chi connectivity index (χ2v) is 10.9. The fraction of sp³-hybridized carbons (Fsp3) is 0.462. The molecular formula is C26H32N4O4S. The summed E-state index contributed by atoms with van der Waals surface area (Å²) in [5.74, 6) is 1.12. The SMILES string of the molecule is COc1ccc([C@@H](CNC(=O)[C@H]2CCCN2C2=NS(=O)(=O)c3ccccc32)N2CCCCC2)cc1. The van der Waals surface area contributed by atoms with E-state index in [0.29, 0.717) is 30.9 Å². The first-order chi connectivity index (χ1) is 17.0. The van der Waals surface area contributed by atoms with E-state index in [1.54, 1.807) is 31.4 Å². The van der Waals surface area contributed by atoms with E-state index >= 15 is 0 Å². The number of methoxy groups -OCH3 is 1. The molecule has 5 rings (SSSR count). The van der Waals surface area contributed by atoms with Crippen LogP contribution in [0.1, 0.15) is 49.3 Å². The summed E-state index contributed by atoms with van der Waals surface area (Å²) < 4.78 is 34.5. The lowest BCUT2D eigenvalue weighted by molar-refractivity contribution is -0.124. The fourth-order valence-corrected chi connectivity index (χ4v) is 6.63. The standard InChI is InChI=1S/C26H32N4O4S/c1-34-20-13-11-19(12-14-20)23(29-15-5-2-6-16-29)18-27-26(31)22-9-7-17-30(22)25-21-8-3-4-10-24(21)35(32,33)28-25/h3-4,8,10-14,22-23H,2,5-7,9,15-18H2,1H3,(H,27,31)/t22-,23-/m1/s1. The number of fused-ring (bicyclic) bond motifs is 1. The molecule has 0 aliphatic carbocycles. The average molecular weight is 497 g/mol. The van der Waals surface area contributed by atoms with Crippen LogP contribution in [0, 0.1) is 0 Å². The molecule has 8 nitrogen and oxygen atoms in total. The zero-order valence-corrected chi connectivity index (χ0v) is 20.8. The Bertz CT molecular complexity index is 1210. The highest BCUT2D eigenvalue weighted by Gasteiger charge is 2.39. The van der Waals surface area contributed by atoms with Gasteiger partial charge >= 0.3 is 0 Å². The van der Waals surface area contributed by atoms with Crippen molar-refractivity contribution in [3.8, 4) is 5.75 Å².